The van der Waals surface area contributed by atoms with Crippen molar-refractivity contribution in [2.24, 2.45) is 10.7 Å². The molecule has 0 atom stereocenters. The Labute approximate surface area is 164 Å². The molecular weight excluding hydrogens is 334 g/mol. The fraction of sp³-hybridized carbons (Fsp3) is 0.435. The van der Waals surface area contributed by atoms with E-state index in [0.717, 1.165) is 23.5 Å². The molecule has 0 amide bonds. The quantitative estimate of drug-likeness (QED) is 0.561. The van der Waals surface area contributed by atoms with Gasteiger partial charge in [-0.15, -0.1) is 0 Å². The second-order valence-corrected chi connectivity index (χ2v) is 8.08. The van der Waals surface area contributed by atoms with Crippen molar-refractivity contribution in [1.29, 1.82) is 0 Å². The minimum absolute atomic E-state index is 0.167. The molecule has 2 rings (SSSR count). The van der Waals surface area contributed by atoms with E-state index in [4.69, 9.17) is 10.5 Å². The van der Waals surface area contributed by atoms with Crippen molar-refractivity contribution in [3.63, 3.8) is 0 Å². The number of guanidine groups is 1. The van der Waals surface area contributed by atoms with Crippen LogP contribution in [0.1, 0.15) is 52.7 Å². The second kappa shape index (κ2) is 8.94. The topological polar surface area (TPSA) is 50.8 Å². The molecule has 0 fully saturated rings. The van der Waals surface area contributed by atoms with Crippen molar-refractivity contribution in [3.8, 4) is 5.75 Å². The van der Waals surface area contributed by atoms with E-state index in [9.17, 15) is 0 Å². The molecule has 4 heteroatoms. The molecule has 0 saturated carbocycles. The van der Waals surface area contributed by atoms with E-state index in [2.05, 4.69) is 75.7 Å². The van der Waals surface area contributed by atoms with Crippen LogP contribution in [0.15, 0.2) is 53.5 Å². The predicted molar refractivity (Wildman–Crippen MR) is 115 cm³/mol. The van der Waals surface area contributed by atoms with E-state index in [1.807, 2.05) is 24.3 Å². The maximum Gasteiger partial charge on any atom is 0.196 e. The molecule has 0 unspecified atom stereocenters. The number of nitrogens with two attached hydrogens (primary N) is 1. The van der Waals surface area contributed by atoms with Gasteiger partial charge in [0.15, 0.2) is 5.96 Å². The minimum atomic E-state index is 0.167. The number of hydrogen-bond donors (Lipinski definition) is 1. The van der Waals surface area contributed by atoms with E-state index < -0.39 is 0 Å². The number of aliphatic imine (C=N–C) groups is 1. The third-order valence-corrected chi connectivity index (χ3v) is 4.56. The number of rotatable bonds is 6. The number of hydrogen-bond acceptors (Lipinski definition) is 2. The van der Waals surface area contributed by atoms with Crippen molar-refractivity contribution in [1.82, 2.24) is 4.90 Å². The van der Waals surface area contributed by atoms with Gasteiger partial charge >= 0.3 is 0 Å². The van der Waals surface area contributed by atoms with Gasteiger partial charge in [0, 0.05) is 12.6 Å². The average molecular weight is 368 g/mol. The minimum Gasteiger partial charge on any atom is -0.489 e. The molecule has 4 nitrogen and oxygen atoms in total. The zero-order chi connectivity index (χ0) is 20.0. The fourth-order valence-corrected chi connectivity index (χ4v) is 2.87. The van der Waals surface area contributed by atoms with Gasteiger partial charge in [0.25, 0.3) is 0 Å². The van der Waals surface area contributed by atoms with Crippen LogP contribution >= 0.6 is 0 Å². The maximum atomic E-state index is 6.12. The van der Waals surface area contributed by atoms with Crippen molar-refractivity contribution >= 4 is 11.6 Å². The number of benzene rings is 2. The zero-order valence-electron chi connectivity index (χ0n) is 17.5. The molecule has 0 aromatic heterocycles. The Kier molecular flexibility index (Phi) is 6.89. The highest BCUT2D eigenvalue weighted by atomic mass is 16.5. The summed E-state index contributed by atoms with van der Waals surface area (Å²) in [6.45, 7) is 14.3. The monoisotopic (exact) mass is 367 g/mol. The van der Waals surface area contributed by atoms with E-state index in [-0.39, 0.29) is 5.41 Å². The summed E-state index contributed by atoms with van der Waals surface area (Å²) < 4.78 is 5.89. The normalized spacial score (nSPS) is 12.3. The molecule has 27 heavy (non-hydrogen) atoms. The largest absolute Gasteiger partial charge is 0.489 e. The molecule has 2 aromatic carbocycles. The van der Waals surface area contributed by atoms with Gasteiger partial charge in [0.1, 0.15) is 12.4 Å². The van der Waals surface area contributed by atoms with Crippen LogP contribution in [-0.4, -0.2) is 23.4 Å². The lowest BCUT2D eigenvalue weighted by Gasteiger charge is -2.25. The van der Waals surface area contributed by atoms with Crippen LogP contribution in [0.5, 0.6) is 5.75 Å². The smallest absolute Gasteiger partial charge is 0.196 e. The molecule has 0 aliphatic carbocycles. The molecule has 0 spiro atoms. The van der Waals surface area contributed by atoms with Crippen LogP contribution in [0.4, 0.5) is 5.69 Å². The van der Waals surface area contributed by atoms with E-state index in [0.29, 0.717) is 18.6 Å². The lowest BCUT2D eigenvalue weighted by atomic mass is 9.87. The van der Waals surface area contributed by atoms with Gasteiger partial charge in [-0.1, -0.05) is 45.0 Å². The summed E-state index contributed by atoms with van der Waals surface area (Å²) in [4.78, 5) is 6.57. The summed E-state index contributed by atoms with van der Waals surface area (Å²) in [5.74, 6) is 1.36. The lowest BCUT2D eigenvalue weighted by Crippen LogP contribution is -2.41. The number of ether oxygens (including phenoxy) is 1. The van der Waals surface area contributed by atoms with Gasteiger partial charge in [-0.05, 0) is 61.6 Å². The fourth-order valence-electron chi connectivity index (χ4n) is 2.87. The van der Waals surface area contributed by atoms with E-state index in [1.165, 1.54) is 5.56 Å². The highest BCUT2D eigenvalue weighted by Gasteiger charge is 2.13. The third kappa shape index (κ3) is 6.02. The van der Waals surface area contributed by atoms with E-state index >= 15 is 0 Å². The van der Waals surface area contributed by atoms with Gasteiger partial charge in [-0.25, -0.2) is 4.99 Å². The zero-order valence-corrected chi connectivity index (χ0v) is 17.5. The van der Waals surface area contributed by atoms with E-state index in [1.54, 1.807) is 0 Å². The molecule has 0 heterocycles. The average Bonchev–Trinajstić information content (AvgIpc) is 2.61. The highest BCUT2D eigenvalue weighted by Crippen LogP contribution is 2.23. The Morgan fingerprint density at radius 3 is 2.11 bits per heavy atom. The number of nitrogens with zero attached hydrogens (tertiary/aromatic N) is 2. The van der Waals surface area contributed by atoms with Crippen LogP contribution in [0.3, 0.4) is 0 Å². The maximum absolute atomic E-state index is 6.12. The van der Waals surface area contributed by atoms with Crippen LogP contribution in [0, 0.1) is 0 Å². The lowest BCUT2D eigenvalue weighted by molar-refractivity contribution is 0.306. The Morgan fingerprint density at radius 1 is 1.04 bits per heavy atom. The van der Waals surface area contributed by atoms with Crippen LogP contribution in [-0.2, 0) is 12.0 Å². The van der Waals surface area contributed by atoms with Crippen molar-refractivity contribution in [3.05, 3.63) is 59.7 Å². The first-order valence-electron chi connectivity index (χ1n) is 9.63. The van der Waals surface area contributed by atoms with Crippen molar-refractivity contribution in [2.75, 3.05) is 6.54 Å². The standard InChI is InChI=1S/C23H33N3O/c1-7-26(17(2)3)22(24)25-20-12-14-21(15-13-20)27-16-18-8-10-19(11-9-18)23(4,5)6/h8-15,17H,7,16H2,1-6H3,(H2,24,25). The molecule has 0 aliphatic heterocycles. The Hall–Kier alpha value is -2.49. The predicted octanol–water partition coefficient (Wildman–Crippen LogP) is 5.24. The van der Waals surface area contributed by atoms with Crippen molar-refractivity contribution < 1.29 is 4.74 Å². The Morgan fingerprint density at radius 2 is 1.63 bits per heavy atom. The first-order valence-corrected chi connectivity index (χ1v) is 9.63. The van der Waals surface area contributed by atoms with Gasteiger partial charge in [-0.3, -0.25) is 0 Å². The van der Waals surface area contributed by atoms with Crippen molar-refractivity contribution in [2.45, 2.75) is 59.6 Å². The van der Waals surface area contributed by atoms with Gasteiger partial charge in [0.05, 0.1) is 5.69 Å². The first kappa shape index (κ1) is 20.8. The van der Waals surface area contributed by atoms with Crippen LogP contribution in [0.2, 0.25) is 0 Å². The van der Waals surface area contributed by atoms with Crippen LogP contribution in [0.25, 0.3) is 0 Å². The summed E-state index contributed by atoms with van der Waals surface area (Å²) in [6.07, 6.45) is 0. The van der Waals surface area contributed by atoms with Gasteiger partial charge < -0.3 is 15.4 Å². The summed E-state index contributed by atoms with van der Waals surface area (Å²) >= 11 is 0. The summed E-state index contributed by atoms with van der Waals surface area (Å²) in [5, 5.41) is 0. The molecule has 146 valence electrons. The van der Waals surface area contributed by atoms with Crippen LogP contribution < -0.4 is 10.5 Å². The molecule has 0 bridgehead atoms. The SMILES string of the molecule is CCN(C(N)=Nc1ccc(OCc2ccc(C(C)(C)C)cc2)cc1)C(C)C. The van der Waals surface area contributed by atoms with Gasteiger partial charge in [-0.2, -0.15) is 0 Å². The Balaban J connectivity index is 1.98. The molecular formula is C23H33N3O. The summed E-state index contributed by atoms with van der Waals surface area (Å²) in [6, 6.07) is 16.7. The molecule has 0 aliphatic rings. The summed E-state index contributed by atoms with van der Waals surface area (Å²) in [5.41, 5.74) is 9.60. The first-order chi connectivity index (χ1) is 12.7. The summed E-state index contributed by atoms with van der Waals surface area (Å²) in [7, 11) is 0. The molecule has 2 aromatic rings. The Bertz CT molecular complexity index is 741. The molecule has 2 N–H and O–H groups in total. The second-order valence-electron chi connectivity index (χ2n) is 8.08. The third-order valence-electron chi connectivity index (χ3n) is 4.56. The van der Waals surface area contributed by atoms with Gasteiger partial charge in [0.2, 0.25) is 0 Å². The highest BCUT2D eigenvalue weighted by molar-refractivity contribution is 5.81. The molecule has 0 radical (unpaired) electrons. The molecule has 0 saturated heterocycles.